The van der Waals surface area contributed by atoms with Crippen molar-refractivity contribution in [2.45, 2.75) is 143 Å². The standard InChI is InChI=1S/C31H50N4O5.C3H8/c1-20-16-24(28(38)32-23(17-21-10-8-11-21)27(37)30(40)34-14-9-15-34)35(19-20)29(39)26(22-12-6-5-7-13-22)33-25(36)18-31(2,3)4;1-3-2/h20-24,26H,5-19H2,1-4H3,(H,32,38)(H,33,36);3H2,1-2H3/t20-,23?,24?,26+;/m1./s1. The van der Waals surface area contributed by atoms with Crippen molar-refractivity contribution < 1.29 is 24.0 Å². The Labute approximate surface area is 259 Å². The van der Waals surface area contributed by atoms with Crippen LogP contribution in [0.3, 0.4) is 0 Å². The van der Waals surface area contributed by atoms with E-state index in [0.29, 0.717) is 44.8 Å². The molecule has 0 aromatic carbocycles. The maximum Gasteiger partial charge on any atom is 0.292 e. The SMILES string of the molecule is CCC.C[C@@H]1CC(C(=O)NC(CC2CCC2)C(=O)C(=O)N2CCC2)N(C(=O)[C@@H](NC(=O)CC(C)(C)C)C2CCCCC2)C1. The highest BCUT2D eigenvalue weighted by atomic mass is 16.2. The summed E-state index contributed by atoms with van der Waals surface area (Å²) in [6.45, 7) is 13.9. The third kappa shape index (κ3) is 10.0. The molecular formula is C34H58N4O5. The Morgan fingerprint density at radius 2 is 1.49 bits per heavy atom. The summed E-state index contributed by atoms with van der Waals surface area (Å²) in [6, 6.07) is -2.24. The summed E-state index contributed by atoms with van der Waals surface area (Å²) >= 11 is 0. The number of hydrogen-bond donors (Lipinski definition) is 2. The largest absolute Gasteiger partial charge is 0.344 e. The summed E-state index contributed by atoms with van der Waals surface area (Å²) in [5.74, 6) is -1.27. The number of carbonyl (C=O) groups excluding carboxylic acids is 5. The number of carbonyl (C=O) groups is 5. The Hall–Kier alpha value is -2.45. The lowest BCUT2D eigenvalue weighted by Crippen LogP contribution is -2.58. The first-order valence-corrected chi connectivity index (χ1v) is 17.1. The predicted octanol–water partition coefficient (Wildman–Crippen LogP) is 4.62. The molecule has 2 heterocycles. The molecule has 2 N–H and O–H groups in total. The molecule has 9 heteroatoms. The van der Waals surface area contributed by atoms with Gasteiger partial charge in [0.15, 0.2) is 0 Å². The van der Waals surface area contributed by atoms with E-state index in [1.165, 1.54) is 6.42 Å². The van der Waals surface area contributed by atoms with Gasteiger partial charge >= 0.3 is 0 Å². The molecule has 9 nitrogen and oxygen atoms in total. The summed E-state index contributed by atoms with van der Waals surface area (Å²) in [7, 11) is 0. The van der Waals surface area contributed by atoms with Crippen LogP contribution in [0.4, 0.5) is 0 Å². The van der Waals surface area contributed by atoms with Crippen LogP contribution in [0.1, 0.15) is 125 Å². The smallest absolute Gasteiger partial charge is 0.292 e. The van der Waals surface area contributed by atoms with Gasteiger partial charge in [0.25, 0.3) is 5.91 Å². The highest BCUT2D eigenvalue weighted by Gasteiger charge is 2.44. The van der Waals surface area contributed by atoms with Gasteiger partial charge in [0, 0.05) is 26.1 Å². The molecule has 4 amide bonds. The lowest BCUT2D eigenvalue weighted by molar-refractivity contribution is -0.149. The number of rotatable bonds is 10. The molecule has 2 saturated heterocycles. The molecule has 2 aliphatic heterocycles. The molecule has 4 fully saturated rings. The maximum atomic E-state index is 14.1. The van der Waals surface area contributed by atoms with E-state index in [0.717, 1.165) is 57.8 Å². The van der Waals surface area contributed by atoms with Gasteiger partial charge in [0.1, 0.15) is 12.1 Å². The van der Waals surface area contributed by atoms with E-state index < -0.39 is 29.8 Å². The van der Waals surface area contributed by atoms with Crippen molar-refractivity contribution in [3.63, 3.8) is 0 Å². The molecule has 2 unspecified atom stereocenters. The second-order valence-electron chi connectivity index (χ2n) is 14.8. The minimum absolute atomic E-state index is 0.0480. The van der Waals surface area contributed by atoms with Gasteiger partial charge in [0.05, 0.1) is 6.04 Å². The number of nitrogens with one attached hydrogen (secondary N) is 2. The summed E-state index contributed by atoms with van der Waals surface area (Å²) in [6.07, 6.45) is 11.5. The molecule has 0 aromatic rings. The number of nitrogens with zero attached hydrogens (tertiary/aromatic N) is 2. The van der Waals surface area contributed by atoms with E-state index in [9.17, 15) is 24.0 Å². The van der Waals surface area contributed by atoms with Crippen LogP contribution in [0, 0.1) is 23.2 Å². The fraction of sp³-hybridized carbons (Fsp3) is 0.853. The van der Waals surface area contributed by atoms with Crippen molar-refractivity contribution in [1.82, 2.24) is 20.4 Å². The molecular weight excluding hydrogens is 544 g/mol. The molecule has 43 heavy (non-hydrogen) atoms. The molecule has 4 aliphatic rings. The zero-order valence-corrected chi connectivity index (χ0v) is 27.7. The van der Waals surface area contributed by atoms with Gasteiger partial charge in [-0.05, 0) is 55.3 Å². The maximum absolute atomic E-state index is 14.1. The van der Waals surface area contributed by atoms with Crippen LogP contribution in [0.25, 0.3) is 0 Å². The quantitative estimate of drug-likeness (QED) is 0.354. The first-order valence-electron chi connectivity index (χ1n) is 17.1. The van der Waals surface area contributed by atoms with Gasteiger partial charge < -0.3 is 20.4 Å². The van der Waals surface area contributed by atoms with Crippen molar-refractivity contribution in [1.29, 1.82) is 0 Å². The van der Waals surface area contributed by atoms with Gasteiger partial charge in [-0.2, -0.15) is 0 Å². The molecule has 2 saturated carbocycles. The topological polar surface area (TPSA) is 116 Å². The zero-order valence-electron chi connectivity index (χ0n) is 27.7. The summed E-state index contributed by atoms with van der Waals surface area (Å²) in [4.78, 5) is 70.0. The Balaban J connectivity index is 0.00000162. The molecule has 0 bridgehead atoms. The van der Waals surface area contributed by atoms with Crippen molar-refractivity contribution in [2.24, 2.45) is 23.2 Å². The number of Topliss-reactive ketones (excluding diaryl/α,β-unsaturated/α-hetero) is 1. The van der Waals surface area contributed by atoms with E-state index in [-0.39, 0.29) is 35.0 Å². The normalized spacial score (nSPS) is 24.0. The first-order chi connectivity index (χ1) is 20.3. The van der Waals surface area contributed by atoms with Crippen molar-refractivity contribution in [3.05, 3.63) is 0 Å². The van der Waals surface area contributed by atoms with Crippen LogP contribution in [0.2, 0.25) is 0 Å². The highest BCUT2D eigenvalue weighted by molar-refractivity contribution is 6.38. The fourth-order valence-corrected chi connectivity index (χ4v) is 6.66. The van der Waals surface area contributed by atoms with Crippen LogP contribution < -0.4 is 10.6 Å². The Bertz CT molecular complexity index is 978. The third-order valence-electron chi connectivity index (χ3n) is 9.27. The lowest BCUT2D eigenvalue weighted by Gasteiger charge is -2.36. The minimum Gasteiger partial charge on any atom is -0.344 e. The van der Waals surface area contributed by atoms with Crippen molar-refractivity contribution in [2.75, 3.05) is 19.6 Å². The fourth-order valence-electron chi connectivity index (χ4n) is 6.66. The number of hydrogen-bond acceptors (Lipinski definition) is 5. The Morgan fingerprint density at radius 3 is 2.00 bits per heavy atom. The van der Waals surface area contributed by atoms with Crippen LogP contribution in [-0.4, -0.2) is 77.0 Å². The molecule has 4 atom stereocenters. The molecule has 0 radical (unpaired) electrons. The zero-order chi connectivity index (χ0) is 31.7. The Kier molecular flexibility index (Phi) is 13.1. The number of ketones is 1. The number of likely N-dealkylation sites (tertiary alicyclic amines) is 2. The van der Waals surface area contributed by atoms with Crippen LogP contribution >= 0.6 is 0 Å². The molecule has 244 valence electrons. The van der Waals surface area contributed by atoms with E-state index in [1.54, 1.807) is 9.80 Å². The van der Waals surface area contributed by atoms with Crippen LogP contribution in [-0.2, 0) is 24.0 Å². The van der Waals surface area contributed by atoms with E-state index in [2.05, 4.69) is 24.5 Å². The molecule has 0 aromatic heterocycles. The van der Waals surface area contributed by atoms with Crippen molar-refractivity contribution in [3.8, 4) is 0 Å². The second kappa shape index (κ2) is 16.0. The van der Waals surface area contributed by atoms with Gasteiger partial charge in [0.2, 0.25) is 23.5 Å². The summed E-state index contributed by atoms with van der Waals surface area (Å²) < 4.78 is 0. The average molecular weight is 603 g/mol. The molecule has 4 rings (SSSR count). The van der Waals surface area contributed by atoms with Crippen LogP contribution in [0.5, 0.6) is 0 Å². The van der Waals surface area contributed by atoms with Gasteiger partial charge in [-0.15, -0.1) is 0 Å². The minimum atomic E-state index is -0.862. The van der Waals surface area contributed by atoms with Crippen molar-refractivity contribution >= 4 is 29.4 Å². The molecule has 2 aliphatic carbocycles. The predicted molar refractivity (Wildman–Crippen MR) is 168 cm³/mol. The van der Waals surface area contributed by atoms with Gasteiger partial charge in [-0.25, -0.2) is 0 Å². The van der Waals surface area contributed by atoms with Gasteiger partial charge in [-0.1, -0.05) is 86.5 Å². The van der Waals surface area contributed by atoms with E-state index in [4.69, 9.17) is 0 Å². The molecule has 0 spiro atoms. The number of amides is 4. The summed E-state index contributed by atoms with van der Waals surface area (Å²) in [5.41, 5.74) is -0.204. The van der Waals surface area contributed by atoms with E-state index in [1.807, 2.05) is 27.7 Å². The first kappa shape index (κ1) is 35.0. The van der Waals surface area contributed by atoms with Gasteiger partial charge in [-0.3, -0.25) is 24.0 Å². The van der Waals surface area contributed by atoms with E-state index >= 15 is 0 Å². The third-order valence-corrected chi connectivity index (χ3v) is 9.27. The van der Waals surface area contributed by atoms with Crippen LogP contribution in [0.15, 0.2) is 0 Å². The second-order valence-corrected chi connectivity index (χ2v) is 14.8. The highest BCUT2D eigenvalue weighted by Crippen LogP contribution is 2.33. The Morgan fingerprint density at radius 1 is 0.860 bits per heavy atom. The monoisotopic (exact) mass is 602 g/mol. The summed E-state index contributed by atoms with van der Waals surface area (Å²) in [5, 5.41) is 5.99. The average Bonchev–Trinajstić information content (AvgIpc) is 3.28. The lowest BCUT2D eigenvalue weighted by atomic mass is 9.80.